The molecule has 3 N–H and O–H groups in total. The molecule has 0 aliphatic rings. The van der Waals surface area contributed by atoms with Gasteiger partial charge in [-0.1, -0.05) is 35.9 Å². The number of urea groups is 1. The number of para-hydroxylation sites is 1. The monoisotopic (exact) mass is 538 g/mol. The Bertz CT molecular complexity index is 1210. The average Bonchev–Trinajstić information content (AvgIpc) is 2.83. The highest BCUT2D eigenvalue weighted by atomic mass is 79.9. The van der Waals surface area contributed by atoms with Crippen LogP contribution in [0.2, 0.25) is 0 Å². The van der Waals surface area contributed by atoms with E-state index >= 15 is 0 Å². The number of rotatable bonds is 9. The minimum atomic E-state index is -0.462. The number of ether oxygens (including phenoxy) is 2. The van der Waals surface area contributed by atoms with Crippen molar-refractivity contribution in [2.75, 3.05) is 23.8 Å². The lowest BCUT2D eigenvalue weighted by atomic mass is 10.2. The number of aryl methyl sites for hydroxylation is 2. The molecular weight excluding hydrogens is 512 g/mol. The van der Waals surface area contributed by atoms with Crippen molar-refractivity contribution in [2.24, 2.45) is 5.10 Å². The van der Waals surface area contributed by atoms with Crippen LogP contribution in [0.4, 0.5) is 16.2 Å². The van der Waals surface area contributed by atoms with Crippen LogP contribution in [0.1, 0.15) is 23.6 Å². The molecule has 8 nitrogen and oxygen atoms in total. The van der Waals surface area contributed by atoms with Crippen molar-refractivity contribution >= 4 is 45.5 Å². The topological polar surface area (TPSA) is 101 Å². The van der Waals surface area contributed by atoms with E-state index in [2.05, 4.69) is 37.1 Å². The number of amides is 3. The molecule has 182 valence electrons. The maximum atomic E-state index is 12.3. The Labute approximate surface area is 212 Å². The highest BCUT2D eigenvalue weighted by molar-refractivity contribution is 9.10. The second kappa shape index (κ2) is 12.6. The van der Waals surface area contributed by atoms with Crippen LogP contribution in [0.15, 0.2) is 70.2 Å². The van der Waals surface area contributed by atoms with Crippen LogP contribution in [0.25, 0.3) is 0 Å². The molecule has 0 radical (unpaired) electrons. The van der Waals surface area contributed by atoms with Crippen LogP contribution < -0.4 is 25.5 Å². The summed E-state index contributed by atoms with van der Waals surface area (Å²) in [6, 6.07) is 17.9. The van der Waals surface area contributed by atoms with Gasteiger partial charge < -0.3 is 20.1 Å². The molecule has 0 saturated carbocycles. The first-order valence-corrected chi connectivity index (χ1v) is 11.8. The maximum absolute atomic E-state index is 12.3. The van der Waals surface area contributed by atoms with Gasteiger partial charge in [-0.05, 0) is 72.6 Å². The number of carbonyl (C=O) groups excluding carboxylic acids is 2. The van der Waals surface area contributed by atoms with Crippen LogP contribution in [-0.4, -0.2) is 31.4 Å². The summed E-state index contributed by atoms with van der Waals surface area (Å²) in [5.41, 5.74) is 6.54. The second-order valence-corrected chi connectivity index (χ2v) is 8.45. The van der Waals surface area contributed by atoms with Crippen molar-refractivity contribution in [3.8, 4) is 11.5 Å². The van der Waals surface area contributed by atoms with E-state index in [1.54, 1.807) is 12.1 Å². The summed E-state index contributed by atoms with van der Waals surface area (Å²) in [4.78, 5) is 24.4. The highest BCUT2D eigenvalue weighted by Crippen LogP contribution is 2.33. The molecule has 0 fully saturated rings. The number of benzene rings is 3. The SMILES string of the molecule is CCOc1cc(C=NNC(=O)Nc2ccccc2C)c(Br)cc1OCC(=O)Nc1ccc(C)cc1. The normalized spacial score (nSPS) is 10.6. The quantitative estimate of drug-likeness (QED) is 0.242. The fourth-order valence-corrected chi connectivity index (χ4v) is 3.46. The van der Waals surface area contributed by atoms with Crippen LogP contribution >= 0.6 is 15.9 Å². The Morgan fingerprint density at radius 3 is 2.40 bits per heavy atom. The zero-order valence-electron chi connectivity index (χ0n) is 19.7. The predicted molar refractivity (Wildman–Crippen MR) is 142 cm³/mol. The number of hydrazone groups is 1. The summed E-state index contributed by atoms with van der Waals surface area (Å²) >= 11 is 3.47. The van der Waals surface area contributed by atoms with E-state index in [0.717, 1.165) is 11.1 Å². The third kappa shape index (κ3) is 7.86. The Morgan fingerprint density at radius 1 is 0.971 bits per heavy atom. The molecule has 9 heteroatoms. The fraction of sp³-hybridized carbons (Fsp3) is 0.192. The lowest BCUT2D eigenvalue weighted by molar-refractivity contribution is -0.118. The van der Waals surface area contributed by atoms with Crippen molar-refractivity contribution in [3.05, 3.63) is 81.8 Å². The molecule has 0 unspecified atom stereocenters. The van der Waals surface area contributed by atoms with E-state index in [0.29, 0.717) is 39.5 Å². The Morgan fingerprint density at radius 2 is 1.69 bits per heavy atom. The molecule has 3 rings (SSSR count). The van der Waals surface area contributed by atoms with Gasteiger partial charge in [0, 0.05) is 21.4 Å². The highest BCUT2D eigenvalue weighted by Gasteiger charge is 2.12. The maximum Gasteiger partial charge on any atom is 0.339 e. The summed E-state index contributed by atoms with van der Waals surface area (Å²) in [6.07, 6.45) is 1.48. The Balaban J connectivity index is 1.62. The predicted octanol–water partition coefficient (Wildman–Crippen LogP) is 5.64. The number of halogens is 1. The first kappa shape index (κ1) is 25.8. The van der Waals surface area contributed by atoms with Gasteiger partial charge in [0.15, 0.2) is 18.1 Å². The summed E-state index contributed by atoms with van der Waals surface area (Å²) in [7, 11) is 0. The van der Waals surface area contributed by atoms with Crippen LogP contribution in [0, 0.1) is 13.8 Å². The van der Waals surface area contributed by atoms with Crippen molar-refractivity contribution < 1.29 is 19.1 Å². The van der Waals surface area contributed by atoms with Crippen LogP contribution in [0.3, 0.4) is 0 Å². The molecule has 0 atom stereocenters. The van der Waals surface area contributed by atoms with Gasteiger partial charge in [0.05, 0.1) is 12.8 Å². The number of nitrogens with zero attached hydrogens (tertiary/aromatic N) is 1. The van der Waals surface area contributed by atoms with Gasteiger partial charge in [-0.15, -0.1) is 0 Å². The average molecular weight is 539 g/mol. The molecule has 0 heterocycles. The number of carbonyl (C=O) groups is 2. The van der Waals surface area contributed by atoms with Crippen LogP contribution in [0.5, 0.6) is 11.5 Å². The van der Waals surface area contributed by atoms with Crippen LogP contribution in [-0.2, 0) is 4.79 Å². The van der Waals surface area contributed by atoms with Gasteiger partial charge in [-0.25, -0.2) is 10.2 Å². The largest absolute Gasteiger partial charge is 0.490 e. The standard InChI is InChI=1S/C26H27BrN4O4/c1-4-34-23-13-19(15-28-31-26(33)30-22-8-6-5-7-18(22)3)21(27)14-24(23)35-16-25(32)29-20-11-9-17(2)10-12-20/h5-15H,4,16H2,1-3H3,(H,29,32)(H2,30,31,33). The van der Waals surface area contributed by atoms with E-state index in [1.807, 2.05) is 69.3 Å². The molecule has 35 heavy (non-hydrogen) atoms. The lowest BCUT2D eigenvalue weighted by Crippen LogP contribution is -2.24. The zero-order chi connectivity index (χ0) is 25.2. The van der Waals surface area contributed by atoms with E-state index < -0.39 is 6.03 Å². The summed E-state index contributed by atoms with van der Waals surface area (Å²) in [5, 5.41) is 9.54. The zero-order valence-corrected chi connectivity index (χ0v) is 21.3. The molecule has 0 spiro atoms. The Hall–Kier alpha value is -3.85. The molecule has 0 bridgehead atoms. The lowest BCUT2D eigenvalue weighted by Gasteiger charge is -2.14. The van der Waals surface area contributed by atoms with Crippen molar-refractivity contribution in [1.82, 2.24) is 5.43 Å². The number of anilines is 2. The van der Waals surface area contributed by atoms with Gasteiger partial charge in [-0.3, -0.25) is 4.79 Å². The van der Waals surface area contributed by atoms with Gasteiger partial charge >= 0.3 is 6.03 Å². The van der Waals surface area contributed by atoms with Crippen molar-refractivity contribution in [2.45, 2.75) is 20.8 Å². The minimum Gasteiger partial charge on any atom is -0.490 e. The van der Waals surface area contributed by atoms with E-state index in [-0.39, 0.29) is 12.5 Å². The first-order valence-electron chi connectivity index (χ1n) is 11.0. The minimum absolute atomic E-state index is 0.186. The molecule has 3 aromatic rings. The smallest absolute Gasteiger partial charge is 0.339 e. The molecule has 3 aromatic carbocycles. The Kier molecular flexibility index (Phi) is 9.25. The van der Waals surface area contributed by atoms with Gasteiger partial charge in [0.25, 0.3) is 5.91 Å². The molecule has 0 aliphatic carbocycles. The molecule has 0 aliphatic heterocycles. The second-order valence-electron chi connectivity index (χ2n) is 7.60. The molecule has 0 aromatic heterocycles. The third-order valence-electron chi connectivity index (χ3n) is 4.82. The van der Waals surface area contributed by atoms with E-state index in [1.165, 1.54) is 6.21 Å². The summed E-state index contributed by atoms with van der Waals surface area (Å²) in [5.74, 6) is 0.562. The molecular formula is C26H27BrN4O4. The summed E-state index contributed by atoms with van der Waals surface area (Å²) < 4.78 is 12.0. The number of hydrogen-bond donors (Lipinski definition) is 3. The summed E-state index contributed by atoms with van der Waals surface area (Å²) in [6.45, 7) is 5.95. The van der Waals surface area contributed by atoms with Gasteiger partial charge in [0.2, 0.25) is 0 Å². The van der Waals surface area contributed by atoms with Gasteiger partial charge in [0.1, 0.15) is 0 Å². The van der Waals surface area contributed by atoms with Crippen molar-refractivity contribution in [3.63, 3.8) is 0 Å². The fourth-order valence-electron chi connectivity index (χ4n) is 3.03. The number of hydrogen-bond acceptors (Lipinski definition) is 5. The third-order valence-corrected chi connectivity index (χ3v) is 5.51. The molecule has 0 saturated heterocycles. The molecule has 3 amide bonds. The van der Waals surface area contributed by atoms with E-state index in [9.17, 15) is 9.59 Å². The number of nitrogens with one attached hydrogen (secondary N) is 3. The first-order chi connectivity index (χ1) is 16.9. The van der Waals surface area contributed by atoms with E-state index in [4.69, 9.17) is 9.47 Å². The van der Waals surface area contributed by atoms with Gasteiger partial charge in [-0.2, -0.15) is 5.10 Å². The van der Waals surface area contributed by atoms with Crippen molar-refractivity contribution in [1.29, 1.82) is 0 Å².